The second-order valence-electron chi connectivity index (χ2n) is 6.82. The number of ether oxygens (including phenoxy) is 1. The highest BCUT2D eigenvalue weighted by molar-refractivity contribution is 5.78. The SMILES string of the molecule is CN(C)CCCOc1ccc(-c2nccn2C2CC(=O)N(C)C2)cc1. The van der Waals surface area contributed by atoms with Crippen LogP contribution in [0.4, 0.5) is 0 Å². The summed E-state index contributed by atoms with van der Waals surface area (Å²) in [7, 11) is 5.97. The van der Waals surface area contributed by atoms with Crippen molar-refractivity contribution in [3.05, 3.63) is 36.7 Å². The molecule has 1 amide bonds. The van der Waals surface area contributed by atoms with Crippen molar-refractivity contribution in [1.29, 1.82) is 0 Å². The van der Waals surface area contributed by atoms with Gasteiger partial charge in [-0.1, -0.05) is 0 Å². The summed E-state index contributed by atoms with van der Waals surface area (Å²) in [5.74, 6) is 1.95. The molecule has 0 bridgehead atoms. The van der Waals surface area contributed by atoms with E-state index in [1.165, 1.54) is 0 Å². The maximum atomic E-state index is 11.8. The first kappa shape index (κ1) is 17.5. The number of carbonyl (C=O) groups is 1. The van der Waals surface area contributed by atoms with Crippen molar-refractivity contribution in [3.63, 3.8) is 0 Å². The Labute approximate surface area is 149 Å². The largest absolute Gasteiger partial charge is 0.494 e. The first-order chi connectivity index (χ1) is 12.0. The van der Waals surface area contributed by atoms with E-state index < -0.39 is 0 Å². The van der Waals surface area contributed by atoms with Gasteiger partial charge in [0.05, 0.1) is 12.6 Å². The predicted molar refractivity (Wildman–Crippen MR) is 97.6 cm³/mol. The molecule has 0 radical (unpaired) electrons. The van der Waals surface area contributed by atoms with Gasteiger partial charge in [0.15, 0.2) is 0 Å². The first-order valence-corrected chi connectivity index (χ1v) is 8.69. The number of hydrogen-bond acceptors (Lipinski definition) is 4. The fraction of sp³-hybridized carbons (Fsp3) is 0.474. The van der Waals surface area contributed by atoms with E-state index >= 15 is 0 Å². The number of carbonyl (C=O) groups excluding carboxylic acids is 1. The number of benzene rings is 1. The molecule has 1 aromatic heterocycles. The van der Waals surface area contributed by atoms with Crippen LogP contribution in [0.25, 0.3) is 11.4 Å². The van der Waals surface area contributed by atoms with Crippen LogP contribution >= 0.6 is 0 Å². The van der Waals surface area contributed by atoms with E-state index in [0.717, 1.165) is 36.6 Å². The van der Waals surface area contributed by atoms with Crippen molar-refractivity contribution < 1.29 is 9.53 Å². The van der Waals surface area contributed by atoms with Crippen molar-refractivity contribution in [2.75, 3.05) is 40.8 Å². The van der Waals surface area contributed by atoms with E-state index in [4.69, 9.17) is 4.74 Å². The molecule has 1 unspecified atom stereocenters. The fourth-order valence-corrected chi connectivity index (χ4v) is 3.13. The summed E-state index contributed by atoms with van der Waals surface area (Å²) in [6, 6.07) is 8.17. The molecule has 1 aliphatic heterocycles. The van der Waals surface area contributed by atoms with Gasteiger partial charge in [-0.3, -0.25) is 4.79 Å². The van der Waals surface area contributed by atoms with Gasteiger partial charge in [-0.2, -0.15) is 0 Å². The smallest absolute Gasteiger partial charge is 0.224 e. The van der Waals surface area contributed by atoms with Gasteiger partial charge in [-0.25, -0.2) is 4.98 Å². The third kappa shape index (κ3) is 4.20. The zero-order valence-electron chi connectivity index (χ0n) is 15.2. The Morgan fingerprint density at radius 1 is 1.28 bits per heavy atom. The lowest BCUT2D eigenvalue weighted by Crippen LogP contribution is -2.19. The molecule has 134 valence electrons. The van der Waals surface area contributed by atoms with E-state index in [2.05, 4.69) is 28.5 Å². The standard InChI is InChI=1S/C19H26N4O2/c1-21(2)10-4-12-25-17-7-5-15(6-8-17)19-20-9-11-23(19)16-13-18(24)22(3)14-16/h5-9,11,16H,4,10,12-14H2,1-3H3. The van der Waals surface area contributed by atoms with Crippen molar-refractivity contribution in [3.8, 4) is 17.1 Å². The molecule has 6 nitrogen and oxygen atoms in total. The van der Waals surface area contributed by atoms with Crippen LogP contribution in [0.15, 0.2) is 36.7 Å². The molecule has 2 heterocycles. The van der Waals surface area contributed by atoms with Crippen molar-refractivity contribution in [1.82, 2.24) is 19.4 Å². The van der Waals surface area contributed by atoms with Gasteiger partial charge < -0.3 is 19.1 Å². The minimum atomic E-state index is 0.150. The summed E-state index contributed by atoms with van der Waals surface area (Å²) in [6.07, 6.45) is 5.29. The first-order valence-electron chi connectivity index (χ1n) is 8.69. The number of imidazole rings is 1. The summed E-state index contributed by atoms with van der Waals surface area (Å²) in [4.78, 5) is 20.2. The van der Waals surface area contributed by atoms with E-state index in [1.54, 1.807) is 11.1 Å². The van der Waals surface area contributed by atoms with Crippen molar-refractivity contribution in [2.45, 2.75) is 18.9 Å². The molecular weight excluding hydrogens is 316 g/mol. The molecule has 1 atom stereocenters. The lowest BCUT2D eigenvalue weighted by molar-refractivity contribution is -0.126. The summed E-state index contributed by atoms with van der Waals surface area (Å²) >= 11 is 0. The molecule has 1 aliphatic rings. The highest BCUT2D eigenvalue weighted by atomic mass is 16.5. The average molecular weight is 342 g/mol. The zero-order valence-corrected chi connectivity index (χ0v) is 15.2. The van der Waals surface area contributed by atoms with Crippen LogP contribution in [0, 0.1) is 0 Å². The molecule has 1 aromatic carbocycles. The molecule has 0 aliphatic carbocycles. The number of likely N-dealkylation sites (tertiary alicyclic amines) is 1. The van der Waals surface area contributed by atoms with Gasteiger partial charge in [0.1, 0.15) is 11.6 Å². The Hall–Kier alpha value is -2.34. The Morgan fingerprint density at radius 2 is 2.04 bits per heavy atom. The number of hydrogen-bond donors (Lipinski definition) is 0. The highest BCUT2D eigenvalue weighted by Crippen LogP contribution is 2.28. The Kier molecular flexibility index (Phi) is 5.38. The molecule has 1 saturated heterocycles. The second kappa shape index (κ2) is 7.70. The third-order valence-corrected chi connectivity index (χ3v) is 4.51. The van der Waals surface area contributed by atoms with Crippen LogP contribution in [-0.4, -0.2) is 66.1 Å². The maximum absolute atomic E-state index is 11.8. The molecular formula is C19H26N4O2. The van der Waals surface area contributed by atoms with Gasteiger partial charge in [-0.15, -0.1) is 0 Å². The lowest BCUT2D eigenvalue weighted by Gasteiger charge is -2.15. The number of rotatable bonds is 7. The molecule has 0 N–H and O–H groups in total. The van der Waals surface area contributed by atoms with Crippen LogP contribution in [0.1, 0.15) is 18.9 Å². The van der Waals surface area contributed by atoms with Gasteiger partial charge in [0.2, 0.25) is 5.91 Å². The van der Waals surface area contributed by atoms with Crippen LogP contribution in [0.2, 0.25) is 0 Å². The zero-order chi connectivity index (χ0) is 17.8. The minimum Gasteiger partial charge on any atom is -0.494 e. The maximum Gasteiger partial charge on any atom is 0.224 e. The fourth-order valence-electron chi connectivity index (χ4n) is 3.13. The minimum absolute atomic E-state index is 0.150. The number of aromatic nitrogens is 2. The van der Waals surface area contributed by atoms with Crippen LogP contribution < -0.4 is 4.74 Å². The lowest BCUT2D eigenvalue weighted by atomic mass is 10.2. The molecule has 2 aromatic rings. The molecule has 1 fully saturated rings. The van der Waals surface area contributed by atoms with Crippen molar-refractivity contribution in [2.24, 2.45) is 0 Å². The summed E-state index contributed by atoms with van der Waals surface area (Å²) in [5, 5.41) is 0. The quantitative estimate of drug-likeness (QED) is 0.725. The number of nitrogens with zero attached hydrogens (tertiary/aromatic N) is 4. The molecule has 25 heavy (non-hydrogen) atoms. The van der Waals surface area contributed by atoms with Gasteiger partial charge >= 0.3 is 0 Å². The van der Waals surface area contributed by atoms with Gasteiger partial charge in [-0.05, 0) is 44.8 Å². The summed E-state index contributed by atoms with van der Waals surface area (Å²) < 4.78 is 7.89. The van der Waals surface area contributed by atoms with Crippen LogP contribution in [0.3, 0.4) is 0 Å². The molecule has 3 rings (SSSR count). The topological polar surface area (TPSA) is 50.6 Å². The third-order valence-electron chi connectivity index (χ3n) is 4.51. The Bertz CT molecular complexity index is 708. The number of likely N-dealkylation sites (N-methyl/N-ethyl adjacent to an activating group) is 1. The molecule has 0 spiro atoms. The van der Waals surface area contributed by atoms with Gasteiger partial charge in [0.25, 0.3) is 0 Å². The van der Waals surface area contributed by atoms with Gasteiger partial charge in [0, 0.05) is 44.5 Å². The van der Waals surface area contributed by atoms with Crippen LogP contribution in [0.5, 0.6) is 5.75 Å². The average Bonchev–Trinajstić information content (AvgIpc) is 3.19. The van der Waals surface area contributed by atoms with Crippen LogP contribution in [-0.2, 0) is 4.79 Å². The Balaban J connectivity index is 1.65. The van der Waals surface area contributed by atoms with E-state index in [-0.39, 0.29) is 11.9 Å². The molecule has 6 heteroatoms. The van der Waals surface area contributed by atoms with E-state index in [1.807, 2.05) is 37.5 Å². The summed E-state index contributed by atoms with van der Waals surface area (Å²) in [5.41, 5.74) is 1.03. The highest BCUT2D eigenvalue weighted by Gasteiger charge is 2.29. The normalized spacial score (nSPS) is 17.5. The monoisotopic (exact) mass is 342 g/mol. The molecule has 0 saturated carbocycles. The number of amides is 1. The summed E-state index contributed by atoms with van der Waals surface area (Å²) in [6.45, 7) is 2.46. The van der Waals surface area contributed by atoms with Crippen molar-refractivity contribution >= 4 is 5.91 Å². The van der Waals surface area contributed by atoms with E-state index in [9.17, 15) is 4.79 Å². The second-order valence-corrected chi connectivity index (χ2v) is 6.82. The van der Waals surface area contributed by atoms with E-state index in [0.29, 0.717) is 13.0 Å². The Morgan fingerprint density at radius 3 is 2.68 bits per heavy atom. The predicted octanol–water partition coefficient (Wildman–Crippen LogP) is 2.28.